The second-order valence-corrected chi connectivity index (χ2v) is 7.88. The quantitative estimate of drug-likeness (QED) is 0.320. The zero-order chi connectivity index (χ0) is 19.2. The van der Waals surface area contributed by atoms with E-state index in [2.05, 4.69) is 112 Å². The van der Waals surface area contributed by atoms with Gasteiger partial charge in [0.25, 0.3) is 0 Å². The fraction of sp³-hybridized carbons (Fsp3) is 0.111. The molecule has 0 N–H and O–H groups in total. The Labute approximate surface area is 182 Å². The molecule has 0 bridgehead atoms. The average molecular weight is 417 g/mol. The maximum atomic E-state index is 2.96. The first kappa shape index (κ1) is 21.3. The molecule has 4 aromatic carbocycles. The molecule has 1 unspecified atom stereocenters. The Bertz CT molecular complexity index is 1030. The monoisotopic (exact) mass is 416 g/mol. The molecule has 29 heavy (non-hydrogen) atoms. The predicted molar refractivity (Wildman–Crippen MR) is 131 cm³/mol. The van der Waals surface area contributed by atoms with Crippen LogP contribution in [0, 0.1) is 0 Å². The van der Waals surface area contributed by atoms with Crippen LogP contribution in [0.25, 0.3) is 0 Å². The van der Waals surface area contributed by atoms with Crippen LogP contribution in [-0.4, -0.2) is 0 Å². The SMILES string of the molecule is Cl.Pc1ccc(Cc2ccccc2)c(Cc2ccccc2)c1Cc1ccccc1. The number of benzene rings is 4. The third-order valence-corrected chi connectivity index (χ3v) is 5.79. The van der Waals surface area contributed by atoms with E-state index in [-0.39, 0.29) is 12.4 Å². The summed E-state index contributed by atoms with van der Waals surface area (Å²) in [5.74, 6) is 0. The van der Waals surface area contributed by atoms with Crippen molar-refractivity contribution in [2.75, 3.05) is 0 Å². The Morgan fingerprint density at radius 1 is 0.448 bits per heavy atom. The molecule has 0 aliphatic heterocycles. The van der Waals surface area contributed by atoms with Crippen molar-refractivity contribution in [3.8, 4) is 0 Å². The van der Waals surface area contributed by atoms with Crippen LogP contribution in [-0.2, 0) is 19.3 Å². The highest BCUT2D eigenvalue weighted by Crippen LogP contribution is 2.24. The van der Waals surface area contributed by atoms with Crippen molar-refractivity contribution >= 4 is 27.0 Å². The highest BCUT2D eigenvalue weighted by Gasteiger charge is 2.13. The maximum absolute atomic E-state index is 2.96. The summed E-state index contributed by atoms with van der Waals surface area (Å²) in [7, 11) is 2.96. The Morgan fingerprint density at radius 2 is 0.862 bits per heavy atom. The van der Waals surface area contributed by atoms with E-state index in [4.69, 9.17) is 0 Å². The summed E-state index contributed by atoms with van der Waals surface area (Å²) in [6, 6.07) is 36.9. The second-order valence-electron chi connectivity index (χ2n) is 7.26. The molecule has 0 nitrogen and oxygen atoms in total. The van der Waals surface area contributed by atoms with E-state index >= 15 is 0 Å². The molecule has 0 radical (unpaired) electrons. The fourth-order valence-corrected chi connectivity index (χ4v) is 4.14. The van der Waals surface area contributed by atoms with Gasteiger partial charge in [-0.15, -0.1) is 21.6 Å². The smallest absolute Gasteiger partial charge is 0.00167 e. The Balaban J connectivity index is 0.00000240. The molecule has 4 aromatic rings. The maximum Gasteiger partial charge on any atom is -0.00167 e. The van der Waals surface area contributed by atoms with Crippen LogP contribution in [0.2, 0.25) is 0 Å². The Hall–Kier alpha value is -2.40. The highest BCUT2D eigenvalue weighted by atomic mass is 35.5. The van der Waals surface area contributed by atoms with Gasteiger partial charge in [0.1, 0.15) is 0 Å². The lowest BCUT2D eigenvalue weighted by molar-refractivity contribution is 1.04. The van der Waals surface area contributed by atoms with E-state index in [1.54, 1.807) is 0 Å². The van der Waals surface area contributed by atoms with Gasteiger partial charge in [-0.25, -0.2) is 0 Å². The minimum atomic E-state index is 0. The number of hydrogen-bond donors (Lipinski definition) is 0. The van der Waals surface area contributed by atoms with Gasteiger partial charge in [0.15, 0.2) is 0 Å². The lowest BCUT2D eigenvalue weighted by Crippen LogP contribution is -2.12. The van der Waals surface area contributed by atoms with Crippen LogP contribution in [0.5, 0.6) is 0 Å². The van der Waals surface area contributed by atoms with Crippen molar-refractivity contribution in [2.24, 2.45) is 0 Å². The lowest BCUT2D eigenvalue weighted by atomic mass is 9.88. The topological polar surface area (TPSA) is 0 Å². The molecule has 0 fully saturated rings. The van der Waals surface area contributed by atoms with E-state index in [0.717, 1.165) is 19.3 Å². The summed E-state index contributed by atoms with van der Waals surface area (Å²) in [6.07, 6.45) is 2.90. The molecule has 2 heteroatoms. The zero-order valence-corrected chi connectivity index (χ0v) is 18.4. The second kappa shape index (κ2) is 10.4. The number of hydrogen-bond acceptors (Lipinski definition) is 0. The average Bonchev–Trinajstić information content (AvgIpc) is 2.75. The van der Waals surface area contributed by atoms with Gasteiger partial charge in [-0.05, 0) is 57.9 Å². The van der Waals surface area contributed by atoms with Gasteiger partial charge in [0.05, 0.1) is 0 Å². The molecule has 0 aliphatic carbocycles. The molecular weight excluding hydrogens is 391 g/mol. The lowest BCUT2D eigenvalue weighted by Gasteiger charge is -2.18. The fourth-order valence-electron chi connectivity index (χ4n) is 3.77. The first-order valence-electron chi connectivity index (χ1n) is 9.80. The van der Waals surface area contributed by atoms with Gasteiger partial charge in [-0.2, -0.15) is 0 Å². The van der Waals surface area contributed by atoms with Crippen molar-refractivity contribution in [2.45, 2.75) is 19.3 Å². The molecular formula is C27H26ClP. The van der Waals surface area contributed by atoms with Gasteiger partial charge >= 0.3 is 0 Å². The minimum absolute atomic E-state index is 0. The molecule has 146 valence electrons. The van der Waals surface area contributed by atoms with Crippen LogP contribution < -0.4 is 5.30 Å². The normalized spacial score (nSPS) is 10.4. The number of rotatable bonds is 6. The summed E-state index contributed by atoms with van der Waals surface area (Å²) in [4.78, 5) is 0. The Morgan fingerprint density at radius 3 is 1.34 bits per heavy atom. The van der Waals surface area contributed by atoms with E-state index < -0.39 is 0 Å². The predicted octanol–water partition coefficient (Wildman–Crippen LogP) is 6.38. The summed E-state index contributed by atoms with van der Waals surface area (Å²) < 4.78 is 0. The number of halogens is 1. The van der Waals surface area contributed by atoms with E-state index in [9.17, 15) is 0 Å². The van der Waals surface area contributed by atoms with Crippen LogP contribution in [0.15, 0.2) is 103 Å². The van der Waals surface area contributed by atoms with Gasteiger partial charge in [0, 0.05) is 0 Å². The molecule has 0 aromatic heterocycles. The van der Waals surface area contributed by atoms with Gasteiger partial charge in [-0.1, -0.05) is 103 Å². The van der Waals surface area contributed by atoms with E-state index in [1.165, 1.54) is 38.7 Å². The summed E-state index contributed by atoms with van der Waals surface area (Å²) in [5, 5.41) is 1.30. The van der Waals surface area contributed by atoms with Crippen LogP contribution in [0.1, 0.15) is 33.4 Å². The van der Waals surface area contributed by atoms with Crippen molar-refractivity contribution in [1.82, 2.24) is 0 Å². The van der Waals surface area contributed by atoms with E-state index in [0.29, 0.717) is 0 Å². The third kappa shape index (κ3) is 5.57. The summed E-state index contributed by atoms with van der Waals surface area (Å²) in [6.45, 7) is 0. The van der Waals surface area contributed by atoms with Crippen molar-refractivity contribution < 1.29 is 0 Å². The van der Waals surface area contributed by atoms with E-state index in [1.807, 2.05) is 0 Å². The largest absolute Gasteiger partial charge is 0.147 e. The van der Waals surface area contributed by atoms with Crippen molar-refractivity contribution in [3.05, 3.63) is 137 Å². The summed E-state index contributed by atoms with van der Waals surface area (Å²) >= 11 is 0. The van der Waals surface area contributed by atoms with Crippen LogP contribution in [0.4, 0.5) is 0 Å². The molecule has 4 rings (SSSR count). The molecule has 0 saturated heterocycles. The van der Waals surface area contributed by atoms with Crippen molar-refractivity contribution in [1.29, 1.82) is 0 Å². The van der Waals surface area contributed by atoms with Gasteiger partial charge < -0.3 is 0 Å². The molecule has 0 saturated carbocycles. The molecule has 1 atom stereocenters. The van der Waals surface area contributed by atoms with Crippen molar-refractivity contribution in [3.63, 3.8) is 0 Å². The van der Waals surface area contributed by atoms with Crippen LogP contribution in [0.3, 0.4) is 0 Å². The Kier molecular flexibility index (Phi) is 7.64. The molecule has 0 spiro atoms. The molecule has 0 aliphatic rings. The van der Waals surface area contributed by atoms with Crippen LogP contribution >= 0.6 is 21.6 Å². The molecule has 0 amide bonds. The third-order valence-electron chi connectivity index (χ3n) is 5.25. The first-order chi connectivity index (χ1) is 13.8. The first-order valence-corrected chi connectivity index (χ1v) is 10.4. The highest BCUT2D eigenvalue weighted by molar-refractivity contribution is 7.27. The standard InChI is InChI=1S/C27H25P.ClH/c28-27-17-16-24(18-21-10-4-1-5-11-21)25(19-22-12-6-2-7-13-22)26(27)20-23-14-8-3-9-15-23;/h1-17H,18-20,28H2;1H. The zero-order valence-electron chi connectivity index (χ0n) is 16.4. The van der Waals surface area contributed by atoms with Gasteiger partial charge in [-0.3, -0.25) is 0 Å². The molecule has 0 heterocycles. The summed E-state index contributed by atoms with van der Waals surface area (Å²) in [5.41, 5.74) is 8.41. The van der Waals surface area contributed by atoms with Gasteiger partial charge in [0.2, 0.25) is 0 Å². The minimum Gasteiger partial charge on any atom is -0.147 e.